The molecule has 0 aliphatic heterocycles. The van der Waals surface area contributed by atoms with Gasteiger partial charge in [0.15, 0.2) is 6.10 Å². The minimum absolute atomic E-state index is 0.0893. The van der Waals surface area contributed by atoms with Gasteiger partial charge in [-0.2, -0.15) is 0 Å². The smallest absolute Gasteiger partial charge is 0.306 e. The number of rotatable bonds is 48. The van der Waals surface area contributed by atoms with E-state index < -0.39 is 6.10 Å². The van der Waals surface area contributed by atoms with Gasteiger partial charge >= 0.3 is 17.9 Å². The number of hydrogen-bond donors (Lipinski definition) is 0. The molecule has 0 heterocycles. The highest BCUT2D eigenvalue weighted by Gasteiger charge is 2.19. The van der Waals surface area contributed by atoms with Crippen LogP contribution in [-0.2, 0) is 28.6 Å². The van der Waals surface area contributed by atoms with Crippen LogP contribution in [0.25, 0.3) is 0 Å². The minimum atomic E-state index is -0.790. The van der Waals surface area contributed by atoms with Gasteiger partial charge in [0.25, 0.3) is 0 Å². The second kappa shape index (κ2) is 53.2. The van der Waals surface area contributed by atoms with Crippen molar-refractivity contribution in [2.24, 2.45) is 0 Å². The summed E-state index contributed by atoms with van der Waals surface area (Å²) in [5.41, 5.74) is 0. The number of unbranched alkanes of at least 4 members (excludes halogenated alkanes) is 23. The lowest BCUT2D eigenvalue weighted by molar-refractivity contribution is -0.167. The predicted molar refractivity (Wildman–Crippen MR) is 279 cm³/mol. The SMILES string of the molecule is CC/C=C\C/C=C\C/C=C\C/C=C\CCCCCCCCCCC(=O)OCC(COC(=O)CCCCCCC/C=C\CCCCCC)OC(=O)CCCCCCC/C=C\C/C=C\CCC. The lowest BCUT2D eigenvalue weighted by atomic mass is 10.1. The van der Waals surface area contributed by atoms with Gasteiger partial charge in [-0.05, 0) is 109 Å². The van der Waals surface area contributed by atoms with E-state index in [1.165, 1.54) is 83.5 Å². The largest absolute Gasteiger partial charge is 0.462 e. The van der Waals surface area contributed by atoms with E-state index in [1.807, 2.05) is 0 Å². The highest BCUT2D eigenvalue weighted by molar-refractivity contribution is 5.71. The summed E-state index contributed by atoms with van der Waals surface area (Å²) in [4.78, 5) is 38.0. The maximum absolute atomic E-state index is 12.8. The molecule has 0 rings (SSSR count). The van der Waals surface area contributed by atoms with Crippen LogP contribution in [0.2, 0.25) is 0 Å². The van der Waals surface area contributed by atoms with Crippen LogP contribution >= 0.6 is 0 Å². The Morgan fingerprint density at radius 2 is 0.631 bits per heavy atom. The van der Waals surface area contributed by atoms with Gasteiger partial charge in [-0.3, -0.25) is 14.4 Å². The van der Waals surface area contributed by atoms with Crippen molar-refractivity contribution in [3.8, 4) is 0 Å². The molecule has 65 heavy (non-hydrogen) atoms. The molecule has 0 N–H and O–H groups in total. The van der Waals surface area contributed by atoms with Gasteiger partial charge in [-0.1, -0.05) is 209 Å². The van der Waals surface area contributed by atoms with E-state index in [1.54, 1.807) is 0 Å². The number of carbonyl (C=O) groups excluding carboxylic acids is 3. The first-order valence-electron chi connectivity index (χ1n) is 27.1. The van der Waals surface area contributed by atoms with Crippen molar-refractivity contribution < 1.29 is 28.6 Å². The first kappa shape index (κ1) is 61.6. The molecule has 372 valence electrons. The van der Waals surface area contributed by atoms with Gasteiger partial charge in [0, 0.05) is 19.3 Å². The first-order chi connectivity index (χ1) is 32.0. The van der Waals surface area contributed by atoms with Crippen LogP contribution in [0, 0.1) is 0 Å². The summed E-state index contributed by atoms with van der Waals surface area (Å²) in [6.07, 6.45) is 68.5. The van der Waals surface area contributed by atoms with Crippen molar-refractivity contribution in [2.75, 3.05) is 13.2 Å². The van der Waals surface area contributed by atoms with Crippen LogP contribution in [0.15, 0.2) is 85.1 Å². The highest BCUT2D eigenvalue weighted by atomic mass is 16.6. The van der Waals surface area contributed by atoms with Gasteiger partial charge in [0.2, 0.25) is 0 Å². The maximum atomic E-state index is 12.8. The summed E-state index contributed by atoms with van der Waals surface area (Å²) in [5, 5.41) is 0. The summed E-state index contributed by atoms with van der Waals surface area (Å²) >= 11 is 0. The number of hydrogen-bond acceptors (Lipinski definition) is 6. The van der Waals surface area contributed by atoms with Crippen molar-refractivity contribution in [2.45, 2.75) is 258 Å². The molecule has 0 spiro atoms. The number of ether oxygens (including phenoxy) is 3. The summed E-state index contributed by atoms with van der Waals surface area (Å²) in [7, 11) is 0. The van der Waals surface area contributed by atoms with Crippen LogP contribution in [0.1, 0.15) is 252 Å². The second-order valence-electron chi connectivity index (χ2n) is 17.7. The van der Waals surface area contributed by atoms with Gasteiger partial charge in [-0.25, -0.2) is 0 Å². The molecule has 0 aromatic rings. The van der Waals surface area contributed by atoms with E-state index >= 15 is 0 Å². The molecular formula is C59H100O6. The third-order valence-electron chi connectivity index (χ3n) is 11.3. The Bertz CT molecular complexity index is 1270. The third-order valence-corrected chi connectivity index (χ3v) is 11.3. The van der Waals surface area contributed by atoms with Gasteiger partial charge in [0.1, 0.15) is 13.2 Å². The monoisotopic (exact) mass is 905 g/mol. The second-order valence-corrected chi connectivity index (χ2v) is 17.7. The average Bonchev–Trinajstić information content (AvgIpc) is 3.30. The molecule has 1 unspecified atom stereocenters. The Morgan fingerprint density at radius 1 is 0.323 bits per heavy atom. The Kier molecular flexibility index (Phi) is 50.4. The fraction of sp³-hybridized carbons (Fsp3) is 0.712. The van der Waals surface area contributed by atoms with E-state index in [0.717, 1.165) is 128 Å². The molecule has 0 radical (unpaired) electrons. The van der Waals surface area contributed by atoms with E-state index in [-0.39, 0.29) is 31.1 Å². The molecular weight excluding hydrogens is 805 g/mol. The number of esters is 3. The van der Waals surface area contributed by atoms with Crippen molar-refractivity contribution >= 4 is 17.9 Å². The fourth-order valence-electron chi connectivity index (χ4n) is 7.29. The molecule has 0 aromatic carbocycles. The zero-order valence-electron chi connectivity index (χ0n) is 42.5. The lowest BCUT2D eigenvalue weighted by Crippen LogP contribution is -2.30. The summed E-state index contributed by atoms with van der Waals surface area (Å²) in [5.74, 6) is -0.919. The Morgan fingerprint density at radius 3 is 1.02 bits per heavy atom. The number of allylic oxidation sites excluding steroid dienone is 14. The van der Waals surface area contributed by atoms with Crippen molar-refractivity contribution in [3.05, 3.63) is 85.1 Å². The molecule has 0 bridgehead atoms. The Hall–Kier alpha value is -3.41. The van der Waals surface area contributed by atoms with Crippen molar-refractivity contribution in [1.82, 2.24) is 0 Å². The first-order valence-corrected chi connectivity index (χ1v) is 27.1. The van der Waals surface area contributed by atoms with Crippen LogP contribution in [0.4, 0.5) is 0 Å². The minimum Gasteiger partial charge on any atom is -0.462 e. The van der Waals surface area contributed by atoms with E-state index in [4.69, 9.17) is 14.2 Å². The lowest BCUT2D eigenvalue weighted by Gasteiger charge is -2.18. The van der Waals surface area contributed by atoms with E-state index in [9.17, 15) is 14.4 Å². The average molecular weight is 905 g/mol. The molecule has 0 saturated carbocycles. The summed E-state index contributed by atoms with van der Waals surface area (Å²) < 4.78 is 16.8. The molecule has 0 aliphatic rings. The standard InChI is InChI=1S/C59H100O6/c1-4-7-10-13-16-19-22-25-26-27-28-29-30-31-32-35-37-40-43-46-49-52-58(61)64-55-56(65-59(62)53-50-47-44-41-38-34-24-21-18-15-12-9-6-3)54-63-57(60)51-48-45-42-39-36-33-23-20-17-14-11-8-5-2/h7,10,12,15-16,19-21,23-26,28-29,56H,4-6,8-9,11,13-14,17-18,22,27,30-55H2,1-3H3/b10-7-,15-12-,19-16-,23-20-,24-21-,26-25-,29-28-. The molecule has 6 heteroatoms. The summed E-state index contributed by atoms with van der Waals surface area (Å²) in [6.45, 7) is 6.42. The Balaban J connectivity index is 4.37. The zero-order valence-corrected chi connectivity index (χ0v) is 42.5. The van der Waals surface area contributed by atoms with Gasteiger partial charge < -0.3 is 14.2 Å². The maximum Gasteiger partial charge on any atom is 0.306 e. The quantitative estimate of drug-likeness (QED) is 0.0262. The van der Waals surface area contributed by atoms with Gasteiger partial charge in [0.05, 0.1) is 0 Å². The van der Waals surface area contributed by atoms with E-state index in [2.05, 4.69) is 106 Å². The Labute approximate surface area is 401 Å². The third kappa shape index (κ3) is 51.4. The molecule has 0 saturated heterocycles. The zero-order chi connectivity index (χ0) is 47.2. The summed E-state index contributed by atoms with van der Waals surface area (Å²) in [6, 6.07) is 0. The van der Waals surface area contributed by atoms with Crippen molar-refractivity contribution in [3.63, 3.8) is 0 Å². The molecule has 0 fully saturated rings. The predicted octanol–water partition coefficient (Wildman–Crippen LogP) is 18.0. The molecule has 0 amide bonds. The van der Waals surface area contributed by atoms with E-state index in [0.29, 0.717) is 19.3 Å². The normalized spacial score (nSPS) is 12.7. The molecule has 0 aliphatic carbocycles. The van der Waals surface area contributed by atoms with Crippen LogP contribution in [0.3, 0.4) is 0 Å². The van der Waals surface area contributed by atoms with Crippen LogP contribution in [-0.4, -0.2) is 37.2 Å². The van der Waals surface area contributed by atoms with Crippen LogP contribution in [0.5, 0.6) is 0 Å². The molecule has 1 atom stereocenters. The number of carbonyl (C=O) groups is 3. The molecule has 0 aromatic heterocycles. The van der Waals surface area contributed by atoms with Gasteiger partial charge in [-0.15, -0.1) is 0 Å². The van der Waals surface area contributed by atoms with Crippen molar-refractivity contribution in [1.29, 1.82) is 0 Å². The fourth-order valence-corrected chi connectivity index (χ4v) is 7.29. The topological polar surface area (TPSA) is 78.9 Å². The highest BCUT2D eigenvalue weighted by Crippen LogP contribution is 2.14. The van der Waals surface area contributed by atoms with Crippen LogP contribution < -0.4 is 0 Å². The molecule has 6 nitrogen and oxygen atoms in total.